The number of thiazole rings is 2. The molecule has 9 rings (SSSR count). The lowest BCUT2D eigenvalue weighted by Crippen LogP contribution is -2.55. The van der Waals surface area contributed by atoms with Gasteiger partial charge in [0.05, 0.1) is 58.0 Å². The number of aromatic nitrogens is 2. The van der Waals surface area contributed by atoms with Gasteiger partial charge in [0, 0.05) is 43.6 Å². The molecule has 4 aromatic carbocycles. The Labute approximate surface area is 427 Å². The van der Waals surface area contributed by atoms with E-state index in [0.29, 0.717) is 28.2 Å². The fourth-order valence-electron chi connectivity index (χ4n) is 10.2. The second kappa shape index (κ2) is 20.3. The second-order valence-corrected chi connectivity index (χ2v) is 21.5. The number of rotatable bonds is 15. The van der Waals surface area contributed by atoms with Gasteiger partial charge in [-0.25, -0.2) is 9.97 Å². The Bertz CT molecular complexity index is 3020. The highest BCUT2D eigenvalue weighted by Gasteiger charge is 2.52. The number of methoxy groups -OCH3 is 1. The van der Waals surface area contributed by atoms with Crippen molar-refractivity contribution < 1.29 is 38.6 Å². The van der Waals surface area contributed by atoms with Gasteiger partial charge in [0.25, 0.3) is 11.8 Å². The van der Waals surface area contributed by atoms with Crippen LogP contribution in [0, 0.1) is 19.8 Å². The lowest BCUT2D eigenvalue weighted by molar-refractivity contribution is -0.143. The molecule has 5 atom stereocenters. The molecule has 3 N–H and O–H groups in total. The lowest BCUT2D eigenvalue weighted by atomic mass is 9.95. The molecule has 3 aliphatic rings. The van der Waals surface area contributed by atoms with Gasteiger partial charge in [0.15, 0.2) is 0 Å². The third-order valence-electron chi connectivity index (χ3n) is 14.0. The van der Waals surface area contributed by atoms with Crippen LogP contribution in [0.5, 0.6) is 11.5 Å². The van der Waals surface area contributed by atoms with E-state index in [1.807, 2.05) is 87.2 Å². The third-order valence-corrected chi connectivity index (χ3v) is 16.0. The van der Waals surface area contributed by atoms with Gasteiger partial charge >= 0.3 is 0 Å². The zero-order valence-corrected chi connectivity index (χ0v) is 43.1. The largest absolute Gasteiger partial charge is 0.497 e. The van der Waals surface area contributed by atoms with Gasteiger partial charge in [-0.2, -0.15) is 0 Å². The Hall–Kier alpha value is -6.95. The van der Waals surface area contributed by atoms with E-state index in [0.717, 1.165) is 43.4 Å². The molecule has 0 radical (unpaired) electrons. The number of benzene rings is 4. The molecule has 2 saturated heterocycles. The van der Waals surface area contributed by atoms with Crippen molar-refractivity contribution in [1.82, 2.24) is 35.3 Å². The number of amides is 5. The maximum Gasteiger partial charge on any atom is 0.255 e. The number of carbonyl (C=O) groups excluding carboxylic acids is 5. The predicted molar refractivity (Wildman–Crippen MR) is 275 cm³/mol. The molecule has 1 unspecified atom stereocenters. The number of nitrogens with one attached hydrogen (secondary N) is 2. The molecule has 0 bridgehead atoms. The number of fused-ring (bicyclic) bond motifs is 1. The standard InChI is InChI=1S/C55H59N7O8S2/c1-32(2)46(52(66)61-29-54(5,68)24-45(61)49(63)56-25-35-11-15-37(16-12-35)47-33(3)58-30-71-47)60-27-40-22-42(19-20-44(40)51(60)65)70-43-23-55(6,62(28-43)50(64)39-9-8-10-41(21-39)69-7)53(67)57-26-36-13-17-38(18-14-36)48-34(4)59-31-72-48/h8-22,30-32,43,45-46,68H,23-29H2,1-7H3,(H,56,63)(H,57,67)/t43-,45+,46+,54+,55?/m1/s1. The van der Waals surface area contributed by atoms with Gasteiger partial charge in [0.1, 0.15) is 35.2 Å². The zero-order valence-electron chi connectivity index (χ0n) is 41.4. The van der Waals surface area contributed by atoms with Crippen LogP contribution in [0.2, 0.25) is 0 Å². The van der Waals surface area contributed by atoms with Crippen LogP contribution in [0.1, 0.15) is 89.3 Å². The lowest BCUT2D eigenvalue weighted by Gasteiger charge is -2.35. The maximum absolute atomic E-state index is 14.7. The first kappa shape index (κ1) is 50.0. The molecule has 2 aromatic heterocycles. The van der Waals surface area contributed by atoms with E-state index in [9.17, 15) is 29.1 Å². The third kappa shape index (κ3) is 10.1. The van der Waals surface area contributed by atoms with Gasteiger partial charge in [-0.1, -0.05) is 68.4 Å². The van der Waals surface area contributed by atoms with Gasteiger partial charge in [-0.3, -0.25) is 24.0 Å². The monoisotopic (exact) mass is 1010 g/mol. The highest BCUT2D eigenvalue weighted by molar-refractivity contribution is 7.13. The van der Waals surface area contributed by atoms with E-state index in [-0.39, 0.29) is 75.1 Å². The summed E-state index contributed by atoms with van der Waals surface area (Å²) in [7, 11) is 1.53. The number of aryl methyl sites for hydroxylation is 2. The quantitative estimate of drug-likeness (QED) is 0.0928. The molecule has 5 amide bonds. The Morgan fingerprint density at radius 3 is 2.03 bits per heavy atom. The number of likely N-dealkylation sites (tertiary alicyclic amines) is 2. The number of carbonyl (C=O) groups is 5. The van der Waals surface area contributed by atoms with E-state index in [1.165, 1.54) is 16.9 Å². The SMILES string of the molecule is COc1cccc(C(=O)N2C[C@H](Oc3ccc4c(c3)CN([C@H](C(=O)N3C[C@@](C)(O)C[C@H]3C(=O)NCc3ccc(-c5scnc5C)cc3)C(C)C)C4=O)CC2(C)C(=O)NCc2ccc(-c3scnc3C)cc2)c1. The number of ether oxygens (including phenoxy) is 2. The summed E-state index contributed by atoms with van der Waals surface area (Å²) in [6, 6.07) is 25.9. The van der Waals surface area contributed by atoms with Crippen molar-refractivity contribution in [2.45, 2.75) is 103 Å². The molecular formula is C55H59N7O8S2. The van der Waals surface area contributed by atoms with Crippen molar-refractivity contribution in [2.75, 3.05) is 20.2 Å². The zero-order chi connectivity index (χ0) is 51.1. The van der Waals surface area contributed by atoms with Gasteiger partial charge < -0.3 is 39.9 Å². The van der Waals surface area contributed by atoms with Gasteiger partial charge in [0.2, 0.25) is 17.7 Å². The smallest absolute Gasteiger partial charge is 0.255 e. The summed E-state index contributed by atoms with van der Waals surface area (Å²) in [6.45, 7) is 11.6. The fourth-order valence-corrected chi connectivity index (χ4v) is 11.8. The van der Waals surface area contributed by atoms with Crippen LogP contribution in [0.15, 0.2) is 102 Å². The molecule has 3 aliphatic heterocycles. The summed E-state index contributed by atoms with van der Waals surface area (Å²) in [5.41, 5.74) is 8.20. The van der Waals surface area contributed by atoms with Crippen molar-refractivity contribution in [3.8, 4) is 32.4 Å². The first-order valence-corrected chi connectivity index (χ1v) is 25.8. The summed E-state index contributed by atoms with van der Waals surface area (Å²) in [5.74, 6) is -1.22. The molecule has 374 valence electrons. The van der Waals surface area contributed by atoms with Gasteiger partial charge in [-0.05, 0) is 97.8 Å². The highest BCUT2D eigenvalue weighted by atomic mass is 32.1. The van der Waals surface area contributed by atoms with Crippen molar-refractivity contribution >= 4 is 52.2 Å². The summed E-state index contributed by atoms with van der Waals surface area (Å²) in [5, 5.41) is 17.3. The van der Waals surface area contributed by atoms with Crippen LogP contribution in [-0.2, 0) is 34.0 Å². The Morgan fingerprint density at radius 1 is 0.819 bits per heavy atom. The minimum absolute atomic E-state index is 0.0421. The molecule has 0 spiro atoms. The summed E-state index contributed by atoms with van der Waals surface area (Å²) in [4.78, 5) is 86.8. The molecule has 15 nitrogen and oxygen atoms in total. The molecule has 0 aliphatic carbocycles. The van der Waals surface area contributed by atoms with Crippen LogP contribution in [0.4, 0.5) is 0 Å². The van der Waals surface area contributed by atoms with Crippen LogP contribution in [0.3, 0.4) is 0 Å². The first-order chi connectivity index (χ1) is 34.4. The minimum Gasteiger partial charge on any atom is -0.497 e. The molecular weight excluding hydrogens is 951 g/mol. The molecule has 72 heavy (non-hydrogen) atoms. The van der Waals surface area contributed by atoms with Crippen LogP contribution >= 0.6 is 22.7 Å². The van der Waals surface area contributed by atoms with Crippen molar-refractivity contribution in [3.05, 3.63) is 141 Å². The van der Waals surface area contributed by atoms with E-state index < -0.39 is 35.2 Å². The predicted octanol–water partition coefficient (Wildman–Crippen LogP) is 7.58. The Morgan fingerprint density at radius 2 is 1.44 bits per heavy atom. The number of hydrogen-bond donors (Lipinski definition) is 3. The van der Waals surface area contributed by atoms with E-state index in [2.05, 4.69) is 20.6 Å². The van der Waals surface area contributed by atoms with Crippen molar-refractivity contribution in [3.63, 3.8) is 0 Å². The molecule has 2 fully saturated rings. The van der Waals surface area contributed by atoms with Crippen LogP contribution in [0.25, 0.3) is 20.9 Å². The minimum atomic E-state index is -1.32. The number of nitrogens with zero attached hydrogens (tertiary/aromatic N) is 5. The van der Waals surface area contributed by atoms with Crippen LogP contribution in [-0.4, -0.2) is 109 Å². The maximum atomic E-state index is 14.7. The first-order valence-electron chi connectivity index (χ1n) is 24.1. The number of β-amino-alcohol motifs (C(OH)–C–C–N with tert-alkyl or cyclic N) is 1. The number of hydrogen-bond acceptors (Lipinski definition) is 12. The number of aliphatic hydroxyl groups is 1. The van der Waals surface area contributed by atoms with Crippen LogP contribution < -0.4 is 20.1 Å². The molecule has 6 aromatic rings. The fraction of sp³-hybridized carbons (Fsp3) is 0.364. The summed E-state index contributed by atoms with van der Waals surface area (Å²) < 4.78 is 12.0. The summed E-state index contributed by atoms with van der Waals surface area (Å²) in [6.07, 6.45) is -0.384. The van der Waals surface area contributed by atoms with E-state index in [1.54, 1.807) is 83.9 Å². The Balaban J connectivity index is 0.883. The molecule has 17 heteroatoms. The van der Waals surface area contributed by atoms with E-state index in [4.69, 9.17) is 9.47 Å². The normalized spacial score (nSPS) is 21.0. The average molecular weight is 1010 g/mol. The molecule has 0 saturated carbocycles. The highest BCUT2D eigenvalue weighted by Crippen LogP contribution is 2.38. The van der Waals surface area contributed by atoms with Gasteiger partial charge in [-0.15, -0.1) is 22.7 Å². The Kier molecular flexibility index (Phi) is 14.1. The van der Waals surface area contributed by atoms with E-state index >= 15 is 0 Å². The molecule has 5 heterocycles. The topological polar surface area (TPSA) is 184 Å². The van der Waals surface area contributed by atoms with Crippen molar-refractivity contribution in [2.24, 2.45) is 5.92 Å². The summed E-state index contributed by atoms with van der Waals surface area (Å²) >= 11 is 3.14. The second-order valence-electron chi connectivity index (χ2n) is 19.8. The van der Waals surface area contributed by atoms with Crippen molar-refractivity contribution in [1.29, 1.82) is 0 Å². The average Bonchev–Trinajstić information content (AvgIpc) is 4.21.